The third-order valence-corrected chi connectivity index (χ3v) is 6.62. The standard InChI is InChI=1S/C20H30F3N3O4S/c1-16-4-5-17(2)18(14-16)31(28,29)24-7-6-19(27)26-11-9-25(10-12-26)8-3-13-30-15-20(21,22)23/h4-5,14,24H,3,6-13,15H2,1-2H3. The summed E-state index contributed by atoms with van der Waals surface area (Å²) in [5.74, 6) is -0.128. The zero-order chi connectivity index (χ0) is 23.1. The fourth-order valence-electron chi connectivity index (χ4n) is 3.32. The van der Waals surface area contributed by atoms with Crippen LogP contribution in [0.15, 0.2) is 23.1 Å². The lowest BCUT2D eigenvalue weighted by molar-refractivity contribution is -0.174. The van der Waals surface area contributed by atoms with E-state index in [-0.39, 0.29) is 30.4 Å². The predicted octanol–water partition coefficient (Wildman–Crippen LogP) is 2.09. The van der Waals surface area contributed by atoms with Gasteiger partial charge in [-0.25, -0.2) is 13.1 Å². The number of hydrogen-bond donors (Lipinski definition) is 1. The van der Waals surface area contributed by atoms with E-state index < -0.39 is 22.8 Å². The quantitative estimate of drug-likeness (QED) is 0.536. The number of aryl methyl sites for hydroxylation is 2. The maximum atomic E-state index is 12.5. The number of nitrogens with one attached hydrogen (secondary N) is 1. The van der Waals surface area contributed by atoms with Crippen LogP contribution in [-0.4, -0.2) is 82.8 Å². The van der Waals surface area contributed by atoms with Crippen LogP contribution in [0.2, 0.25) is 0 Å². The molecule has 0 saturated carbocycles. The van der Waals surface area contributed by atoms with Gasteiger partial charge in [0.2, 0.25) is 15.9 Å². The van der Waals surface area contributed by atoms with Crippen LogP contribution in [0.1, 0.15) is 24.0 Å². The predicted molar refractivity (Wildman–Crippen MR) is 110 cm³/mol. The Labute approximate surface area is 181 Å². The fourth-order valence-corrected chi connectivity index (χ4v) is 4.68. The number of carbonyl (C=O) groups is 1. The number of piperazine rings is 1. The Morgan fingerprint density at radius 3 is 2.48 bits per heavy atom. The molecule has 2 rings (SSSR count). The van der Waals surface area contributed by atoms with Gasteiger partial charge >= 0.3 is 6.18 Å². The van der Waals surface area contributed by atoms with E-state index in [1.807, 2.05) is 13.0 Å². The van der Waals surface area contributed by atoms with Crippen molar-refractivity contribution in [3.8, 4) is 0 Å². The monoisotopic (exact) mass is 465 g/mol. The molecule has 7 nitrogen and oxygen atoms in total. The summed E-state index contributed by atoms with van der Waals surface area (Å²) < 4.78 is 68.1. The molecular formula is C20H30F3N3O4S. The van der Waals surface area contributed by atoms with Crippen LogP contribution < -0.4 is 4.72 Å². The lowest BCUT2D eigenvalue weighted by Crippen LogP contribution is -2.49. The van der Waals surface area contributed by atoms with Crippen LogP contribution in [0.4, 0.5) is 13.2 Å². The van der Waals surface area contributed by atoms with E-state index in [0.717, 1.165) is 5.56 Å². The number of amides is 1. The van der Waals surface area contributed by atoms with Gasteiger partial charge in [0.25, 0.3) is 0 Å². The van der Waals surface area contributed by atoms with Crippen molar-refractivity contribution in [1.29, 1.82) is 0 Å². The van der Waals surface area contributed by atoms with Gasteiger partial charge in [0, 0.05) is 52.3 Å². The number of sulfonamides is 1. The molecule has 1 aromatic rings. The van der Waals surface area contributed by atoms with E-state index in [1.165, 1.54) is 0 Å². The zero-order valence-corrected chi connectivity index (χ0v) is 18.7. The average Bonchev–Trinajstić information content (AvgIpc) is 2.69. The number of alkyl halides is 3. The first-order chi connectivity index (χ1) is 14.5. The van der Waals surface area contributed by atoms with Crippen molar-refractivity contribution in [3.05, 3.63) is 29.3 Å². The summed E-state index contributed by atoms with van der Waals surface area (Å²) in [4.78, 5) is 16.4. The number of hydrogen-bond acceptors (Lipinski definition) is 5. The van der Waals surface area contributed by atoms with Gasteiger partial charge in [-0.05, 0) is 37.5 Å². The summed E-state index contributed by atoms with van der Waals surface area (Å²) in [6.45, 7) is 5.23. The summed E-state index contributed by atoms with van der Waals surface area (Å²) >= 11 is 0. The van der Waals surface area contributed by atoms with Crippen LogP contribution >= 0.6 is 0 Å². The Hall–Kier alpha value is -1.69. The maximum absolute atomic E-state index is 12.5. The maximum Gasteiger partial charge on any atom is 0.411 e. The number of benzene rings is 1. The van der Waals surface area contributed by atoms with Crippen molar-refractivity contribution in [2.24, 2.45) is 0 Å². The van der Waals surface area contributed by atoms with E-state index in [2.05, 4.69) is 14.4 Å². The Balaban J connectivity index is 1.67. The van der Waals surface area contributed by atoms with E-state index >= 15 is 0 Å². The number of carbonyl (C=O) groups excluding carboxylic acids is 1. The number of rotatable bonds is 10. The molecule has 0 unspecified atom stereocenters. The van der Waals surface area contributed by atoms with Crippen molar-refractivity contribution in [2.75, 3.05) is 52.5 Å². The van der Waals surface area contributed by atoms with Gasteiger partial charge < -0.3 is 9.64 Å². The summed E-state index contributed by atoms with van der Waals surface area (Å²) in [6, 6.07) is 5.19. The summed E-state index contributed by atoms with van der Waals surface area (Å²) in [6.07, 6.45) is -3.75. The minimum atomic E-state index is -4.31. The minimum absolute atomic E-state index is 0.0192. The van der Waals surface area contributed by atoms with Gasteiger partial charge in [-0.2, -0.15) is 13.2 Å². The van der Waals surface area contributed by atoms with Crippen LogP contribution in [0.3, 0.4) is 0 Å². The van der Waals surface area contributed by atoms with E-state index in [4.69, 9.17) is 0 Å². The van der Waals surface area contributed by atoms with E-state index in [0.29, 0.717) is 44.7 Å². The molecule has 0 aromatic heterocycles. The number of halogens is 3. The molecule has 1 fully saturated rings. The van der Waals surface area contributed by atoms with Crippen molar-refractivity contribution in [3.63, 3.8) is 0 Å². The topological polar surface area (TPSA) is 79.0 Å². The zero-order valence-electron chi connectivity index (χ0n) is 17.9. The van der Waals surface area contributed by atoms with Gasteiger partial charge in [-0.3, -0.25) is 9.69 Å². The second-order valence-corrected chi connectivity index (χ2v) is 9.40. The van der Waals surface area contributed by atoms with Gasteiger partial charge in [0.05, 0.1) is 4.90 Å². The molecule has 0 radical (unpaired) electrons. The first kappa shape index (κ1) is 25.6. The van der Waals surface area contributed by atoms with E-state index in [9.17, 15) is 26.4 Å². The summed E-state index contributed by atoms with van der Waals surface area (Å²) in [7, 11) is -3.68. The first-order valence-electron chi connectivity index (χ1n) is 10.2. The Kier molecular flexibility index (Phi) is 9.28. The van der Waals surface area contributed by atoms with Crippen LogP contribution in [-0.2, 0) is 19.6 Å². The van der Waals surface area contributed by atoms with Gasteiger partial charge in [-0.15, -0.1) is 0 Å². The molecule has 1 N–H and O–H groups in total. The molecule has 1 heterocycles. The van der Waals surface area contributed by atoms with Gasteiger partial charge in [0.15, 0.2) is 0 Å². The third kappa shape index (κ3) is 8.76. The van der Waals surface area contributed by atoms with Crippen LogP contribution in [0.5, 0.6) is 0 Å². The van der Waals surface area contributed by atoms with E-state index in [1.54, 1.807) is 24.0 Å². The molecule has 0 atom stereocenters. The molecule has 1 saturated heterocycles. The van der Waals surface area contributed by atoms with Crippen LogP contribution in [0.25, 0.3) is 0 Å². The molecule has 1 aromatic carbocycles. The lowest BCUT2D eigenvalue weighted by Gasteiger charge is -2.34. The fraction of sp³-hybridized carbons (Fsp3) is 0.650. The Morgan fingerprint density at radius 1 is 1.16 bits per heavy atom. The smallest absolute Gasteiger partial charge is 0.372 e. The van der Waals surface area contributed by atoms with Crippen molar-refractivity contribution >= 4 is 15.9 Å². The average molecular weight is 466 g/mol. The molecule has 31 heavy (non-hydrogen) atoms. The second-order valence-electron chi connectivity index (χ2n) is 7.66. The Bertz CT molecular complexity index is 839. The number of ether oxygens (including phenoxy) is 1. The highest BCUT2D eigenvalue weighted by atomic mass is 32.2. The summed E-state index contributed by atoms with van der Waals surface area (Å²) in [5.41, 5.74) is 1.48. The SMILES string of the molecule is Cc1ccc(C)c(S(=O)(=O)NCCC(=O)N2CCN(CCCOCC(F)(F)F)CC2)c1. The van der Waals surface area contributed by atoms with Gasteiger partial charge in [-0.1, -0.05) is 12.1 Å². The molecule has 0 spiro atoms. The highest BCUT2D eigenvalue weighted by molar-refractivity contribution is 7.89. The molecule has 0 aliphatic carbocycles. The first-order valence-corrected chi connectivity index (χ1v) is 11.7. The highest BCUT2D eigenvalue weighted by Gasteiger charge is 2.27. The van der Waals surface area contributed by atoms with Crippen molar-refractivity contribution < 1.29 is 31.1 Å². The second kappa shape index (κ2) is 11.3. The van der Waals surface area contributed by atoms with Crippen molar-refractivity contribution in [2.45, 2.75) is 37.8 Å². The minimum Gasteiger partial charge on any atom is -0.372 e. The molecular weight excluding hydrogens is 435 g/mol. The van der Waals surface area contributed by atoms with Crippen molar-refractivity contribution in [1.82, 2.24) is 14.5 Å². The summed E-state index contributed by atoms with van der Waals surface area (Å²) in [5, 5.41) is 0. The van der Waals surface area contributed by atoms with Crippen LogP contribution in [0, 0.1) is 13.8 Å². The number of nitrogens with zero attached hydrogens (tertiary/aromatic N) is 2. The molecule has 176 valence electrons. The van der Waals surface area contributed by atoms with Gasteiger partial charge in [0.1, 0.15) is 6.61 Å². The normalized spacial score (nSPS) is 16.0. The molecule has 1 aliphatic rings. The molecule has 0 bridgehead atoms. The molecule has 11 heteroatoms. The largest absolute Gasteiger partial charge is 0.411 e. The molecule has 1 amide bonds. The molecule has 1 aliphatic heterocycles. The third-order valence-electron chi connectivity index (χ3n) is 5.02. The highest BCUT2D eigenvalue weighted by Crippen LogP contribution is 2.17. The Morgan fingerprint density at radius 2 is 1.84 bits per heavy atom. The lowest BCUT2D eigenvalue weighted by atomic mass is 10.2.